The normalized spacial score (nSPS) is 15.6. The summed E-state index contributed by atoms with van der Waals surface area (Å²) in [6, 6.07) is 8.54. The fraction of sp³-hybridized carbons (Fsp3) is 0.500. The maximum atomic E-state index is 11.6. The zero-order valence-electron chi connectivity index (χ0n) is 10.4. The molecule has 98 valence electrons. The molecule has 0 aromatic heterocycles. The van der Waals surface area contributed by atoms with Gasteiger partial charge in [-0.25, -0.2) is 4.79 Å². The maximum Gasteiger partial charge on any atom is 0.315 e. The molecule has 1 aromatic rings. The fourth-order valence-electron chi connectivity index (χ4n) is 2.28. The highest BCUT2D eigenvalue weighted by atomic mass is 79.9. The molecule has 2 N–H and O–H groups in total. The summed E-state index contributed by atoms with van der Waals surface area (Å²) in [5.41, 5.74) is 1.24. The molecule has 1 aliphatic rings. The Bertz CT molecular complexity index is 385. The van der Waals surface area contributed by atoms with Crippen LogP contribution in [0.1, 0.15) is 31.2 Å². The Labute approximate surface area is 116 Å². The highest BCUT2D eigenvalue weighted by Gasteiger charge is 2.16. The first kappa shape index (κ1) is 13.4. The first-order valence-electron chi connectivity index (χ1n) is 6.53. The molecular formula is C14H19BrN2O. The number of amides is 2. The van der Waals surface area contributed by atoms with Crippen LogP contribution >= 0.6 is 15.9 Å². The fourth-order valence-corrected chi connectivity index (χ4v) is 2.54. The summed E-state index contributed by atoms with van der Waals surface area (Å²) >= 11 is 3.41. The number of halogens is 1. The van der Waals surface area contributed by atoms with Crippen LogP contribution in [0.3, 0.4) is 0 Å². The van der Waals surface area contributed by atoms with E-state index in [4.69, 9.17) is 0 Å². The molecule has 0 aliphatic heterocycles. The van der Waals surface area contributed by atoms with Crippen molar-refractivity contribution in [3.05, 3.63) is 34.3 Å². The van der Waals surface area contributed by atoms with E-state index in [-0.39, 0.29) is 6.03 Å². The lowest BCUT2D eigenvalue weighted by molar-refractivity contribution is 0.237. The number of urea groups is 1. The highest BCUT2D eigenvalue weighted by molar-refractivity contribution is 9.10. The summed E-state index contributed by atoms with van der Waals surface area (Å²) in [6.45, 7) is 0.681. The quantitative estimate of drug-likeness (QED) is 0.880. The Morgan fingerprint density at radius 2 is 1.89 bits per heavy atom. The molecular weight excluding hydrogens is 292 g/mol. The molecule has 1 aromatic carbocycles. The van der Waals surface area contributed by atoms with Gasteiger partial charge in [-0.15, -0.1) is 0 Å². The molecule has 1 aliphatic carbocycles. The van der Waals surface area contributed by atoms with Crippen LogP contribution in [0.4, 0.5) is 4.79 Å². The SMILES string of the molecule is O=C(NCCc1ccc(Br)cc1)NC1CCCC1. The van der Waals surface area contributed by atoms with Gasteiger partial charge >= 0.3 is 6.03 Å². The van der Waals surface area contributed by atoms with Gasteiger partial charge in [0.25, 0.3) is 0 Å². The van der Waals surface area contributed by atoms with Crippen molar-refractivity contribution in [3.63, 3.8) is 0 Å². The Morgan fingerprint density at radius 1 is 1.22 bits per heavy atom. The molecule has 1 saturated carbocycles. The third-order valence-electron chi connectivity index (χ3n) is 3.30. The number of hydrogen-bond acceptors (Lipinski definition) is 1. The molecule has 0 unspecified atom stereocenters. The van der Waals surface area contributed by atoms with Crippen LogP contribution in [0.5, 0.6) is 0 Å². The Morgan fingerprint density at radius 3 is 2.56 bits per heavy atom. The molecule has 4 heteroatoms. The van der Waals surface area contributed by atoms with Crippen molar-refractivity contribution in [2.75, 3.05) is 6.54 Å². The van der Waals surface area contributed by atoms with Crippen LogP contribution in [-0.2, 0) is 6.42 Å². The number of carbonyl (C=O) groups excluding carboxylic acids is 1. The number of rotatable bonds is 4. The van der Waals surface area contributed by atoms with E-state index in [0.717, 1.165) is 23.7 Å². The van der Waals surface area contributed by atoms with Crippen LogP contribution in [0.25, 0.3) is 0 Å². The molecule has 2 rings (SSSR count). The molecule has 0 atom stereocenters. The lowest BCUT2D eigenvalue weighted by atomic mass is 10.1. The lowest BCUT2D eigenvalue weighted by Gasteiger charge is -2.12. The van der Waals surface area contributed by atoms with Crippen LogP contribution < -0.4 is 10.6 Å². The Kier molecular flexibility index (Phi) is 5.05. The second kappa shape index (κ2) is 6.78. The summed E-state index contributed by atoms with van der Waals surface area (Å²) in [4.78, 5) is 11.6. The van der Waals surface area contributed by atoms with Crippen molar-refractivity contribution in [1.29, 1.82) is 0 Å². The minimum atomic E-state index is -0.0287. The van der Waals surface area contributed by atoms with Gasteiger partial charge in [0.05, 0.1) is 0 Å². The van der Waals surface area contributed by atoms with E-state index in [1.807, 2.05) is 12.1 Å². The largest absolute Gasteiger partial charge is 0.338 e. The lowest BCUT2D eigenvalue weighted by Crippen LogP contribution is -2.41. The van der Waals surface area contributed by atoms with Gasteiger partial charge in [-0.1, -0.05) is 40.9 Å². The molecule has 0 saturated heterocycles. The first-order valence-corrected chi connectivity index (χ1v) is 7.32. The van der Waals surface area contributed by atoms with Crippen molar-refractivity contribution < 1.29 is 4.79 Å². The van der Waals surface area contributed by atoms with Gasteiger partial charge in [-0.3, -0.25) is 0 Å². The zero-order valence-corrected chi connectivity index (χ0v) is 12.0. The van der Waals surface area contributed by atoms with E-state index in [1.54, 1.807) is 0 Å². The Balaban J connectivity index is 1.65. The predicted octanol–water partition coefficient (Wildman–Crippen LogP) is 3.23. The summed E-state index contributed by atoms with van der Waals surface area (Å²) < 4.78 is 1.08. The molecule has 18 heavy (non-hydrogen) atoms. The predicted molar refractivity (Wildman–Crippen MR) is 76.6 cm³/mol. The number of carbonyl (C=O) groups is 1. The molecule has 0 spiro atoms. The molecule has 2 amide bonds. The van der Waals surface area contributed by atoms with E-state index in [2.05, 4.69) is 38.7 Å². The van der Waals surface area contributed by atoms with Gasteiger partial charge in [0.2, 0.25) is 0 Å². The third-order valence-corrected chi connectivity index (χ3v) is 3.83. The van der Waals surface area contributed by atoms with Crippen molar-refractivity contribution in [3.8, 4) is 0 Å². The van der Waals surface area contributed by atoms with Crippen molar-refractivity contribution >= 4 is 22.0 Å². The van der Waals surface area contributed by atoms with Crippen molar-refractivity contribution in [2.24, 2.45) is 0 Å². The summed E-state index contributed by atoms with van der Waals surface area (Å²) in [6.07, 6.45) is 5.60. The summed E-state index contributed by atoms with van der Waals surface area (Å²) in [7, 11) is 0. The van der Waals surface area contributed by atoms with Gasteiger partial charge in [0.1, 0.15) is 0 Å². The van der Waals surface area contributed by atoms with Gasteiger partial charge < -0.3 is 10.6 Å². The average Bonchev–Trinajstić information content (AvgIpc) is 2.84. The van der Waals surface area contributed by atoms with Gasteiger partial charge in [-0.2, -0.15) is 0 Å². The van der Waals surface area contributed by atoms with Crippen LogP contribution in [0.15, 0.2) is 28.7 Å². The molecule has 0 heterocycles. The number of benzene rings is 1. The second-order valence-corrected chi connectivity index (χ2v) is 5.67. The van der Waals surface area contributed by atoms with Crippen molar-refractivity contribution in [1.82, 2.24) is 10.6 Å². The van der Waals surface area contributed by atoms with Crippen LogP contribution in [-0.4, -0.2) is 18.6 Å². The standard InChI is InChI=1S/C14H19BrN2O/c15-12-7-5-11(6-8-12)9-10-16-14(18)17-13-3-1-2-4-13/h5-8,13H,1-4,9-10H2,(H2,16,17,18). The smallest absolute Gasteiger partial charge is 0.315 e. The van der Waals surface area contributed by atoms with E-state index in [0.29, 0.717) is 12.6 Å². The minimum absolute atomic E-state index is 0.0287. The first-order chi connectivity index (χ1) is 8.74. The highest BCUT2D eigenvalue weighted by Crippen LogP contribution is 2.17. The molecule has 3 nitrogen and oxygen atoms in total. The van der Waals surface area contributed by atoms with Gasteiger partial charge in [0.15, 0.2) is 0 Å². The zero-order chi connectivity index (χ0) is 12.8. The second-order valence-electron chi connectivity index (χ2n) is 4.76. The van der Waals surface area contributed by atoms with Gasteiger partial charge in [0, 0.05) is 17.1 Å². The van der Waals surface area contributed by atoms with E-state index < -0.39 is 0 Å². The van der Waals surface area contributed by atoms with Crippen molar-refractivity contribution in [2.45, 2.75) is 38.1 Å². The topological polar surface area (TPSA) is 41.1 Å². The number of nitrogens with one attached hydrogen (secondary N) is 2. The average molecular weight is 311 g/mol. The summed E-state index contributed by atoms with van der Waals surface area (Å²) in [5, 5.41) is 5.93. The Hall–Kier alpha value is -1.03. The van der Waals surface area contributed by atoms with E-state index >= 15 is 0 Å². The minimum Gasteiger partial charge on any atom is -0.338 e. The monoisotopic (exact) mass is 310 g/mol. The van der Waals surface area contributed by atoms with Crippen LogP contribution in [0.2, 0.25) is 0 Å². The number of hydrogen-bond donors (Lipinski definition) is 2. The van der Waals surface area contributed by atoms with E-state index in [1.165, 1.54) is 18.4 Å². The summed E-state index contributed by atoms with van der Waals surface area (Å²) in [5.74, 6) is 0. The molecule has 0 radical (unpaired) electrons. The molecule has 0 bridgehead atoms. The molecule has 1 fully saturated rings. The van der Waals surface area contributed by atoms with Crippen LogP contribution in [0, 0.1) is 0 Å². The van der Waals surface area contributed by atoms with E-state index in [9.17, 15) is 4.79 Å². The maximum absolute atomic E-state index is 11.6. The van der Waals surface area contributed by atoms with Gasteiger partial charge in [-0.05, 0) is 37.0 Å². The third kappa shape index (κ3) is 4.33.